The molecule has 0 N–H and O–H groups in total. The maximum absolute atomic E-state index is 5.83. The molecule has 0 amide bonds. The highest BCUT2D eigenvalue weighted by Crippen LogP contribution is 2.42. The Labute approximate surface area is 129 Å². The van der Waals surface area contributed by atoms with Crippen molar-refractivity contribution >= 4 is 31.9 Å². The van der Waals surface area contributed by atoms with E-state index in [4.69, 9.17) is 9.15 Å². The largest absolute Gasteiger partial charge is 0.493 e. The first kappa shape index (κ1) is 13.3. The normalized spacial score (nSPS) is 15.1. The predicted molar refractivity (Wildman–Crippen MR) is 82.2 cm³/mol. The van der Waals surface area contributed by atoms with Gasteiger partial charge in [-0.05, 0) is 29.8 Å². The van der Waals surface area contributed by atoms with Crippen molar-refractivity contribution in [3.8, 4) is 5.75 Å². The summed E-state index contributed by atoms with van der Waals surface area (Å²) in [4.78, 5) is 0.0251. The minimum atomic E-state index is 0.0251. The minimum absolute atomic E-state index is 0.0251. The van der Waals surface area contributed by atoms with Crippen LogP contribution in [0.15, 0.2) is 33.2 Å². The lowest BCUT2D eigenvalue weighted by molar-refractivity contribution is 0.353. The van der Waals surface area contributed by atoms with Crippen LogP contribution in [-0.2, 0) is 12.8 Å². The third kappa shape index (κ3) is 2.48. The molecule has 1 aliphatic rings. The molecule has 0 spiro atoms. The third-order valence-electron chi connectivity index (χ3n) is 3.33. The maximum Gasteiger partial charge on any atom is 0.127 e. The van der Waals surface area contributed by atoms with E-state index in [1.165, 1.54) is 5.56 Å². The Hall–Kier alpha value is -0.740. The second-order valence-corrected chi connectivity index (χ2v) is 6.43. The minimum Gasteiger partial charge on any atom is -0.493 e. The van der Waals surface area contributed by atoms with Crippen molar-refractivity contribution in [3.63, 3.8) is 0 Å². The van der Waals surface area contributed by atoms with Crippen LogP contribution in [0.25, 0.3) is 0 Å². The quantitative estimate of drug-likeness (QED) is 0.691. The van der Waals surface area contributed by atoms with Crippen LogP contribution in [0.1, 0.15) is 34.4 Å². The highest BCUT2D eigenvalue weighted by molar-refractivity contribution is 9.10. The van der Waals surface area contributed by atoms with Crippen molar-refractivity contribution in [3.05, 3.63) is 51.4 Å². The highest BCUT2D eigenvalue weighted by Gasteiger charge is 2.24. The van der Waals surface area contributed by atoms with Gasteiger partial charge < -0.3 is 9.15 Å². The zero-order chi connectivity index (χ0) is 13.4. The van der Waals surface area contributed by atoms with Crippen LogP contribution in [0.5, 0.6) is 5.75 Å². The molecule has 0 bridgehead atoms. The number of furan rings is 1. The first-order valence-corrected chi connectivity index (χ1v) is 8.07. The van der Waals surface area contributed by atoms with Crippen molar-refractivity contribution in [2.45, 2.75) is 24.6 Å². The Balaban J connectivity index is 2.02. The molecule has 1 aliphatic heterocycles. The second-order valence-electron chi connectivity index (χ2n) is 4.60. The molecule has 0 radical (unpaired) electrons. The number of hydrogen-bond donors (Lipinski definition) is 0. The van der Waals surface area contributed by atoms with Gasteiger partial charge in [-0.15, -0.1) is 0 Å². The molecule has 0 saturated carbocycles. The Kier molecular flexibility index (Phi) is 3.72. The topological polar surface area (TPSA) is 22.4 Å². The summed E-state index contributed by atoms with van der Waals surface area (Å²) < 4.78 is 12.7. The van der Waals surface area contributed by atoms with Crippen LogP contribution in [0.4, 0.5) is 0 Å². The fourth-order valence-corrected chi connectivity index (χ4v) is 3.47. The molecule has 1 atom stereocenters. The number of benzene rings is 1. The van der Waals surface area contributed by atoms with Gasteiger partial charge in [-0.1, -0.05) is 38.8 Å². The first-order valence-electron chi connectivity index (χ1n) is 6.37. The maximum atomic E-state index is 5.83. The Bertz CT molecular complexity index is 604. The molecule has 3 rings (SSSR count). The SMILES string of the molecule is CCc1ccc(C(Br)c2cc(Br)cc3c2OCC3)o1. The molecule has 2 nitrogen and oxygen atoms in total. The van der Waals surface area contributed by atoms with Gasteiger partial charge in [0.2, 0.25) is 0 Å². The van der Waals surface area contributed by atoms with Gasteiger partial charge in [0, 0.05) is 22.9 Å². The summed E-state index contributed by atoms with van der Waals surface area (Å²) in [5, 5.41) is 0. The van der Waals surface area contributed by atoms with Gasteiger partial charge in [0.15, 0.2) is 0 Å². The fraction of sp³-hybridized carbons (Fsp3) is 0.333. The number of fused-ring (bicyclic) bond motifs is 1. The van der Waals surface area contributed by atoms with Crippen molar-refractivity contribution < 1.29 is 9.15 Å². The molecule has 0 saturated heterocycles. The molecule has 1 unspecified atom stereocenters. The molecule has 4 heteroatoms. The predicted octanol–water partition coefficient (Wildman–Crippen LogP) is 5.02. The van der Waals surface area contributed by atoms with Crippen LogP contribution >= 0.6 is 31.9 Å². The molecule has 2 aromatic rings. The Morgan fingerprint density at radius 2 is 2.16 bits per heavy atom. The highest BCUT2D eigenvalue weighted by atomic mass is 79.9. The van der Waals surface area contributed by atoms with Gasteiger partial charge in [0.05, 0.1) is 6.61 Å². The van der Waals surface area contributed by atoms with E-state index in [1.54, 1.807) is 0 Å². The van der Waals surface area contributed by atoms with E-state index in [1.807, 2.05) is 12.1 Å². The van der Waals surface area contributed by atoms with E-state index in [-0.39, 0.29) is 4.83 Å². The van der Waals surface area contributed by atoms with E-state index in [2.05, 4.69) is 50.9 Å². The lowest BCUT2D eigenvalue weighted by atomic mass is 10.0. The molecular formula is C15H14Br2O2. The molecule has 100 valence electrons. The van der Waals surface area contributed by atoms with Gasteiger partial charge in [0.1, 0.15) is 22.1 Å². The van der Waals surface area contributed by atoms with Crippen molar-refractivity contribution in [1.29, 1.82) is 0 Å². The lowest BCUT2D eigenvalue weighted by Gasteiger charge is -2.13. The number of hydrogen-bond acceptors (Lipinski definition) is 2. The molecular weight excluding hydrogens is 372 g/mol. The average Bonchev–Trinajstić information content (AvgIpc) is 3.04. The number of rotatable bonds is 3. The standard InChI is InChI=1S/C15H14Br2O2/c1-2-11-3-4-13(19-11)14(17)12-8-10(16)7-9-5-6-18-15(9)12/h3-4,7-8,14H,2,5-6H2,1H3. The summed E-state index contributed by atoms with van der Waals surface area (Å²) in [6.45, 7) is 2.85. The summed E-state index contributed by atoms with van der Waals surface area (Å²) in [5.74, 6) is 2.93. The first-order chi connectivity index (χ1) is 9.19. The number of aryl methyl sites for hydroxylation is 1. The van der Waals surface area contributed by atoms with Crippen LogP contribution < -0.4 is 4.74 Å². The van der Waals surface area contributed by atoms with Crippen molar-refractivity contribution in [1.82, 2.24) is 0 Å². The third-order valence-corrected chi connectivity index (χ3v) is 4.73. The fourth-order valence-electron chi connectivity index (χ4n) is 2.36. The zero-order valence-corrected chi connectivity index (χ0v) is 13.8. The van der Waals surface area contributed by atoms with Crippen molar-refractivity contribution in [2.24, 2.45) is 0 Å². The number of ether oxygens (including phenoxy) is 1. The van der Waals surface area contributed by atoms with E-state index < -0.39 is 0 Å². The van der Waals surface area contributed by atoms with E-state index in [9.17, 15) is 0 Å². The number of alkyl halides is 1. The van der Waals surface area contributed by atoms with Gasteiger partial charge >= 0.3 is 0 Å². The summed E-state index contributed by atoms with van der Waals surface area (Å²) in [5.41, 5.74) is 2.38. The van der Waals surface area contributed by atoms with Gasteiger partial charge in [-0.2, -0.15) is 0 Å². The van der Waals surface area contributed by atoms with Crippen LogP contribution in [0.3, 0.4) is 0 Å². The molecule has 2 heterocycles. The van der Waals surface area contributed by atoms with Crippen LogP contribution in [0, 0.1) is 0 Å². The summed E-state index contributed by atoms with van der Waals surface area (Å²) in [6, 6.07) is 8.28. The Morgan fingerprint density at radius 1 is 1.32 bits per heavy atom. The van der Waals surface area contributed by atoms with Gasteiger partial charge in [-0.25, -0.2) is 0 Å². The van der Waals surface area contributed by atoms with Gasteiger partial charge in [0.25, 0.3) is 0 Å². The summed E-state index contributed by atoms with van der Waals surface area (Å²) in [6.07, 6.45) is 1.88. The molecule has 0 aliphatic carbocycles. The second kappa shape index (κ2) is 5.33. The monoisotopic (exact) mass is 384 g/mol. The van der Waals surface area contributed by atoms with E-state index in [0.717, 1.165) is 46.8 Å². The van der Waals surface area contributed by atoms with Crippen LogP contribution in [0.2, 0.25) is 0 Å². The van der Waals surface area contributed by atoms with Crippen molar-refractivity contribution in [2.75, 3.05) is 6.61 Å². The molecule has 19 heavy (non-hydrogen) atoms. The van der Waals surface area contributed by atoms with Gasteiger partial charge in [-0.3, -0.25) is 0 Å². The molecule has 1 aromatic heterocycles. The Morgan fingerprint density at radius 3 is 2.89 bits per heavy atom. The smallest absolute Gasteiger partial charge is 0.127 e. The van der Waals surface area contributed by atoms with E-state index >= 15 is 0 Å². The zero-order valence-electron chi connectivity index (χ0n) is 10.6. The number of halogens is 2. The lowest BCUT2D eigenvalue weighted by Crippen LogP contribution is -1.96. The van der Waals surface area contributed by atoms with E-state index in [0.29, 0.717) is 0 Å². The molecule has 0 fully saturated rings. The summed E-state index contributed by atoms with van der Waals surface area (Å²) in [7, 11) is 0. The molecule has 1 aromatic carbocycles. The average molecular weight is 386 g/mol. The summed E-state index contributed by atoms with van der Waals surface area (Å²) >= 11 is 7.30. The van der Waals surface area contributed by atoms with Crippen LogP contribution in [-0.4, -0.2) is 6.61 Å².